The van der Waals surface area contributed by atoms with Crippen molar-refractivity contribution >= 4 is 33.6 Å². The minimum atomic E-state index is -0.554. The van der Waals surface area contributed by atoms with E-state index in [1.807, 2.05) is 74.5 Å². The van der Waals surface area contributed by atoms with Gasteiger partial charge in [0.2, 0.25) is 0 Å². The summed E-state index contributed by atoms with van der Waals surface area (Å²) in [6.45, 7) is 4.37. The van der Waals surface area contributed by atoms with Crippen LogP contribution in [-0.4, -0.2) is 10.5 Å². The van der Waals surface area contributed by atoms with E-state index in [1.165, 1.54) is 24.3 Å². The Morgan fingerprint density at radius 2 is 1.72 bits per heavy atom. The highest BCUT2D eigenvalue weighted by atomic mass is 79.9. The van der Waals surface area contributed by atoms with E-state index in [-0.39, 0.29) is 5.57 Å². The van der Waals surface area contributed by atoms with Gasteiger partial charge in [-0.2, -0.15) is 5.26 Å². The second-order valence-corrected chi connectivity index (χ2v) is 9.12. The van der Waals surface area contributed by atoms with E-state index in [2.05, 4.69) is 25.8 Å². The predicted octanol–water partition coefficient (Wildman–Crippen LogP) is 7.12. The fourth-order valence-corrected chi connectivity index (χ4v) is 4.07. The van der Waals surface area contributed by atoms with Crippen LogP contribution in [0.1, 0.15) is 22.5 Å². The number of halogens is 2. The van der Waals surface area contributed by atoms with Crippen LogP contribution >= 0.6 is 15.9 Å². The quantitative estimate of drug-likeness (QED) is 0.199. The van der Waals surface area contributed by atoms with Crippen LogP contribution in [0.15, 0.2) is 88.9 Å². The lowest BCUT2D eigenvalue weighted by Crippen LogP contribution is -2.13. The fraction of sp³-hybridized carbons (Fsp3) is 0.103. The van der Waals surface area contributed by atoms with Gasteiger partial charge in [-0.25, -0.2) is 4.39 Å². The molecule has 0 aliphatic carbocycles. The summed E-state index contributed by atoms with van der Waals surface area (Å²) >= 11 is 3.43. The fourth-order valence-electron chi connectivity index (χ4n) is 3.81. The molecule has 0 aliphatic rings. The van der Waals surface area contributed by atoms with E-state index >= 15 is 0 Å². The lowest BCUT2D eigenvalue weighted by Gasteiger charge is -2.12. The Balaban J connectivity index is 1.50. The zero-order chi connectivity index (χ0) is 25.7. The monoisotopic (exact) mass is 543 g/mol. The first-order valence-electron chi connectivity index (χ1n) is 11.2. The molecule has 36 heavy (non-hydrogen) atoms. The molecule has 0 bridgehead atoms. The Labute approximate surface area is 217 Å². The van der Waals surface area contributed by atoms with Gasteiger partial charge in [-0.15, -0.1) is 0 Å². The summed E-state index contributed by atoms with van der Waals surface area (Å²) in [5.74, 6) is -0.199. The summed E-state index contributed by atoms with van der Waals surface area (Å²) in [5.41, 5.74) is 4.99. The maximum atomic E-state index is 13.1. The third-order valence-electron chi connectivity index (χ3n) is 5.65. The van der Waals surface area contributed by atoms with Crippen molar-refractivity contribution in [2.45, 2.75) is 20.5 Å². The summed E-state index contributed by atoms with van der Waals surface area (Å²) in [6, 6.07) is 25.0. The highest BCUT2D eigenvalue weighted by Crippen LogP contribution is 2.25. The van der Waals surface area contributed by atoms with Crippen molar-refractivity contribution in [1.82, 2.24) is 4.57 Å². The second-order valence-electron chi connectivity index (χ2n) is 8.20. The number of rotatable bonds is 7. The molecule has 1 heterocycles. The normalized spacial score (nSPS) is 11.1. The van der Waals surface area contributed by atoms with Gasteiger partial charge in [-0.1, -0.05) is 28.1 Å². The lowest BCUT2D eigenvalue weighted by atomic mass is 10.1. The summed E-state index contributed by atoms with van der Waals surface area (Å²) in [7, 11) is 0. The highest BCUT2D eigenvalue weighted by Gasteiger charge is 2.14. The molecule has 0 unspecified atom stereocenters. The second kappa shape index (κ2) is 11.1. The van der Waals surface area contributed by atoms with Crippen LogP contribution < -0.4 is 10.1 Å². The third-order valence-corrected chi connectivity index (χ3v) is 6.18. The number of anilines is 1. The van der Waals surface area contributed by atoms with E-state index in [0.717, 1.165) is 38.4 Å². The number of nitrogens with one attached hydrogen (secondary N) is 1. The van der Waals surface area contributed by atoms with Crippen LogP contribution in [0.4, 0.5) is 10.1 Å². The summed E-state index contributed by atoms with van der Waals surface area (Å²) in [4.78, 5) is 12.6. The minimum Gasteiger partial charge on any atom is -0.489 e. The van der Waals surface area contributed by atoms with Crippen LogP contribution in [0, 0.1) is 31.0 Å². The largest absolute Gasteiger partial charge is 0.489 e. The number of hydrogen-bond donors (Lipinski definition) is 1. The van der Waals surface area contributed by atoms with Crippen molar-refractivity contribution in [1.29, 1.82) is 5.26 Å². The molecule has 5 nitrogen and oxygen atoms in total. The van der Waals surface area contributed by atoms with Gasteiger partial charge in [-0.05, 0) is 97.8 Å². The molecular weight excluding hydrogens is 521 g/mol. The van der Waals surface area contributed by atoms with E-state index in [1.54, 1.807) is 6.08 Å². The Bertz CT molecular complexity index is 1450. The average Bonchev–Trinajstić information content (AvgIpc) is 3.16. The molecule has 7 heteroatoms. The number of aryl methyl sites for hydroxylation is 1. The van der Waals surface area contributed by atoms with Crippen LogP contribution in [-0.2, 0) is 11.4 Å². The van der Waals surface area contributed by atoms with Gasteiger partial charge in [0.1, 0.15) is 29.8 Å². The number of nitriles is 1. The van der Waals surface area contributed by atoms with E-state index < -0.39 is 11.7 Å². The van der Waals surface area contributed by atoms with Crippen molar-refractivity contribution in [3.8, 4) is 17.5 Å². The van der Waals surface area contributed by atoms with Crippen molar-refractivity contribution in [2.75, 3.05) is 5.32 Å². The molecule has 0 atom stereocenters. The molecule has 0 aliphatic heterocycles. The van der Waals surface area contributed by atoms with Gasteiger partial charge in [0.25, 0.3) is 5.91 Å². The Hall–Kier alpha value is -4.15. The first-order valence-corrected chi connectivity index (χ1v) is 12.0. The van der Waals surface area contributed by atoms with Crippen molar-refractivity contribution in [3.05, 3.63) is 117 Å². The third kappa shape index (κ3) is 5.91. The Morgan fingerprint density at radius 3 is 2.36 bits per heavy atom. The van der Waals surface area contributed by atoms with Gasteiger partial charge >= 0.3 is 0 Å². The molecule has 1 amide bonds. The number of nitrogens with zero attached hydrogens (tertiary/aromatic N) is 2. The number of benzene rings is 3. The molecule has 4 rings (SSSR count). The maximum absolute atomic E-state index is 13.1. The molecule has 0 fully saturated rings. The number of ether oxygens (including phenoxy) is 1. The first kappa shape index (κ1) is 25.0. The van der Waals surface area contributed by atoms with Crippen molar-refractivity contribution < 1.29 is 13.9 Å². The molecule has 180 valence electrons. The number of aromatic nitrogens is 1. The molecule has 0 saturated heterocycles. The van der Waals surface area contributed by atoms with Crippen LogP contribution in [0.5, 0.6) is 5.75 Å². The van der Waals surface area contributed by atoms with Crippen molar-refractivity contribution in [2.24, 2.45) is 0 Å². The van der Waals surface area contributed by atoms with Gasteiger partial charge in [0.15, 0.2) is 0 Å². The topological polar surface area (TPSA) is 67.0 Å². The number of carbonyl (C=O) groups excluding carboxylic acids is 1. The van der Waals surface area contributed by atoms with Gasteiger partial charge in [0, 0.05) is 27.2 Å². The molecule has 3 aromatic carbocycles. The molecule has 0 radical (unpaired) electrons. The molecule has 4 aromatic rings. The van der Waals surface area contributed by atoms with Gasteiger partial charge in [-0.3, -0.25) is 4.79 Å². The zero-order valence-corrected chi connectivity index (χ0v) is 21.3. The SMILES string of the molecule is Cc1cc(/C=C(/C#N)C(=O)Nc2ccc(F)cc2)c(C)n1-c1ccc(OCc2ccc(Br)cc2)cc1. The van der Waals surface area contributed by atoms with Crippen LogP contribution in [0.25, 0.3) is 11.8 Å². The maximum Gasteiger partial charge on any atom is 0.266 e. The molecule has 0 saturated carbocycles. The standard InChI is InChI=1S/C29H23BrFN3O2/c1-19-15-22(16-23(17-32)29(35)33-26-9-7-25(31)8-10-26)20(2)34(19)27-11-13-28(14-12-27)36-18-21-3-5-24(30)6-4-21/h3-16H,18H2,1-2H3,(H,33,35)/b23-16-. The Morgan fingerprint density at radius 1 is 1.06 bits per heavy atom. The summed E-state index contributed by atoms with van der Waals surface area (Å²) < 4.78 is 22.1. The zero-order valence-electron chi connectivity index (χ0n) is 19.8. The summed E-state index contributed by atoms with van der Waals surface area (Å²) in [5, 5.41) is 12.2. The molecule has 1 N–H and O–H groups in total. The van der Waals surface area contributed by atoms with Crippen molar-refractivity contribution in [3.63, 3.8) is 0 Å². The molecule has 1 aromatic heterocycles. The smallest absolute Gasteiger partial charge is 0.266 e. The van der Waals surface area contributed by atoms with Gasteiger partial charge < -0.3 is 14.6 Å². The number of carbonyl (C=O) groups is 1. The van der Waals surface area contributed by atoms with E-state index in [0.29, 0.717) is 12.3 Å². The van der Waals surface area contributed by atoms with Gasteiger partial charge in [0.05, 0.1) is 0 Å². The van der Waals surface area contributed by atoms with Crippen LogP contribution in [0.3, 0.4) is 0 Å². The lowest BCUT2D eigenvalue weighted by molar-refractivity contribution is -0.112. The summed E-state index contributed by atoms with van der Waals surface area (Å²) in [6.07, 6.45) is 1.56. The molecular formula is C29H23BrFN3O2. The molecule has 0 spiro atoms. The van der Waals surface area contributed by atoms with Crippen LogP contribution in [0.2, 0.25) is 0 Å². The van der Waals surface area contributed by atoms with E-state index in [9.17, 15) is 14.4 Å². The number of amides is 1. The first-order chi connectivity index (χ1) is 17.3. The Kier molecular flexibility index (Phi) is 7.67. The number of hydrogen-bond acceptors (Lipinski definition) is 3. The minimum absolute atomic E-state index is 0.0451. The highest BCUT2D eigenvalue weighted by molar-refractivity contribution is 9.10. The average molecular weight is 544 g/mol. The predicted molar refractivity (Wildman–Crippen MR) is 142 cm³/mol. The van der Waals surface area contributed by atoms with E-state index in [4.69, 9.17) is 4.74 Å².